The first-order valence-electron chi connectivity index (χ1n) is 9.41. The van der Waals surface area contributed by atoms with E-state index in [0.29, 0.717) is 35.1 Å². The molecule has 0 spiro atoms. The number of methoxy groups -OCH3 is 1. The van der Waals surface area contributed by atoms with Crippen molar-refractivity contribution >= 4 is 11.8 Å². The Labute approximate surface area is 167 Å². The summed E-state index contributed by atoms with van der Waals surface area (Å²) in [6.07, 6.45) is 4.91. The van der Waals surface area contributed by atoms with Crippen molar-refractivity contribution in [3.63, 3.8) is 0 Å². The van der Waals surface area contributed by atoms with Gasteiger partial charge in [0.25, 0.3) is 0 Å². The van der Waals surface area contributed by atoms with Crippen molar-refractivity contribution in [2.24, 2.45) is 0 Å². The zero-order valence-corrected chi connectivity index (χ0v) is 16.8. The molecule has 2 atom stereocenters. The Balaban J connectivity index is 1.65. The third-order valence-corrected chi connectivity index (χ3v) is 6.03. The van der Waals surface area contributed by atoms with Crippen LogP contribution in [0.1, 0.15) is 38.5 Å². The molecule has 1 aromatic heterocycles. The number of halogens is 2. The summed E-state index contributed by atoms with van der Waals surface area (Å²) in [5, 5.41) is 8.16. The molecule has 154 valence electrons. The summed E-state index contributed by atoms with van der Waals surface area (Å²) in [5.41, 5.74) is 0.602. The van der Waals surface area contributed by atoms with Gasteiger partial charge in [-0.05, 0) is 36.8 Å². The van der Waals surface area contributed by atoms with Crippen molar-refractivity contribution in [3.05, 3.63) is 24.1 Å². The average molecular weight is 413 g/mol. The molecule has 0 amide bonds. The summed E-state index contributed by atoms with van der Waals surface area (Å²) in [6.45, 7) is -0.230. The van der Waals surface area contributed by atoms with Crippen molar-refractivity contribution < 1.29 is 22.8 Å². The number of alkyl halides is 2. The van der Waals surface area contributed by atoms with Crippen molar-refractivity contribution in [1.29, 1.82) is 0 Å². The maximum Gasteiger partial charge on any atom is 0.387 e. The van der Waals surface area contributed by atoms with Gasteiger partial charge in [-0.15, -0.1) is 0 Å². The molecule has 0 aliphatic heterocycles. The van der Waals surface area contributed by atoms with Crippen molar-refractivity contribution in [1.82, 2.24) is 15.5 Å². The molecule has 1 aliphatic carbocycles. The normalized spacial score (nSPS) is 19.8. The van der Waals surface area contributed by atoms with Gasteiger partial charge >= 0.3 is 6.61 Å². The fourth-order valence-electron chi connectivity index (χ4n) is 3.41. The third-order valence-electron chi connectivity index (χ3n) is 4.70. The van der Waals surface area contributed by atoms with Crippen molar-refractivity contribution in [2.45, 2.75) is 57.1 Å². The first kappa shape index (κ1) is 20.9. The minimum Gasteiger partial charge on any atom is -0.493 e. The molecule has 3 rings (SSSR count). The zero-order chi connectivity index (χ0) is 19.9. The van der Waals surface area contributed by atoms with Crippen LogP contribution in [0, 0.1) is 0 Å². The number of thioether (sulfide) groups is 1. The number of benzene rings is 1. The monoisotopic (exact) mass is 413 g/mol. The van der Waals surface area contributed by atoms with E-state index in [0.717, 1.165) is 12.2 Å². The van der Waals surface area contributed by atoms with Gasteiger partial charge in [-0.1, -0.05) is 24.9 Å². The van der Waals surface area contributed by atoms with E-state index in [2.05, 4.69) is 27.1 Å². The van der Waals surface area contributed by atoms with Crippen LogP contribution in [-0.2, 0) is 6.54 Å². The third kappa shape index (κ3) is 5.35. The number of hydrogen-bond donors (Lipinski definition) is 1. The van der Waals surface area contributed by atoms with Gasteiger partial charge in [-0.3, -0.25) is 0 Å². The number of hydrogen-bond acceptors (Lipinski definition) is 7. The van der Waals surface area contributed by atoms with E-state index in [1.165, 1.54) is 32.4 Å². The summed E-state index contributed by atoms with van der Waals surface area (Å²) in [5.74, 6) is 2.13. The van der Waals surface area contributed by atoms with E-state index in [1.54, 1.807) is 12.1 Å². The Bertz CT molecular complexity index is 758. The lowest BCUT2D eigenvalue weighted by atomic mass is 9.95. The van der Waals surface area contributed by atoms with Crippen LogP contribution in [0.3, 0.4) is 0 Å². The van der Waals surface area contributed by atoms with Gasteiger partial charge in [-0.25, -0.2) is 0 Å². The van der Waals surface area contributed by atoms with Crippen LogP contribution >= 0.6 is 11.8 Å². The van der Waals surface area contributed by atoms with E-state index in [-0.39, 0.29) is 11.5 Å². The maximum absolute atomic E-state index is 12.5. The van der Waals surface area contributed by atoms with E-state index in [9.17, 15) is 8.78 Å². The summed E-state index contributed by atoms with van der Waals surface area (Å²) in [7, 11) is 1.39. The molecule has 0 unspecified atom stereocenters. The minimum atomic E-state index is -2.92. The molecule has 9 heteroatoms. The lowest BCUT2D eigenvalue weighted by Gasteiger charge is -2.31. The van der Waals surface area contributed by atoms with E-state index in [1.807, 2.05) is 11.8 Å². The number of aromatic nitrogens is 2. The van der Waals surface area contributed by atoms with Gasteiger partial charge < -0.3 is 19.3 Å². The van der Waals surface area contributed by atoms with Crippen LogP contribution in [0.4, 0.5) is 8.78 Å². The van der Waals surface area contributed by atoms with Crippen LogP contribution in [0.5, 0.6) is 11.5 Å². The van der Waals surface area contributed by atoms with Gasteiger partial charge in [0.05, 0.1) is 13.7 Å². The number of nitrogens with one attached hydrogen (secondary N) is 1. The molecule has 28 heavy (non-hydrogen) atoms. The highest BCUT2D eigenvalue weighted by molar-refractivity contribution is 7.99. The number of rotatable bonds is 9. The van der Waals surface area contributed by atoms with Gasteiger partial charge in [-0.2, -0.15) is 25.5 Å². The predicted octanol–water partition coefficient (Wildman–Crippen LogP) is 4.50. The average Bonchev–Trinajstić information content (AvgIpc) is 3.16. The quantitative estimate of drug-likeness (QED) is 0.649. The molecule has 0 bridgehead atoms. The zero-order valence-electron chi connectivity index (χ0n) is 16.0. The smallest absolute Gasteiger partial charge is 0.387 e. The second-order valence-electron chi connectivity index (χ2n) is 6.52. The lowest BCUT2D eigenvalue weighted by molar-refractivity contribution is -0.0512. The summed E-state index contributed by atoms with van der Waals surface area (Å²) >= 11 is 2.00. The molecule has 0 radical (unpaired) electrons. The number of nitrogens with zero attached hydrogens (tertiary/aromatic N) is 2. The van der Waals surface area contributed by atoms with Gasteiger partial charge in [0.15, 0.2) is 11.5 Å². The molecule has 1 aromatic carbocycles. The van der Waals surface area contributed by atoms with E-state index in [4.69, 9.17) is 9.26 Å². The molecule has 6 nitrogen and oxygen atoms in total. The Morgan fingerprint density at radius 1 is 1.29 bits per heavy atom. The second kappa shape index (κ2) is 10.1. The fourth-order valence-corrected chi connectivity index (χ4v) is 4.63. The highest BCUT2D eigenvalue weighted by Gasteiger charge is 2.25. The van der Waals surface area contributed by atoms with Gasteiger partial charge in [0, 0.05) is 16.9 Å². The van der Waals surface area contributed by atoms with Gasteiger partial charge in [0.1, 0.15) is 0 Å². The van der Waals surface area contributed by atoms with E-state index < -0.39 is 6.61 Å². The fraction of sp³-hybridized carbons (Fsp3) is 0.579. The molecule has 0 saturated heterocycles. The first-order valence-corrected chi connectivity index (χ1v) is 10.5. The van der Waals surface area contributed by atoms with Crippen LogP contribution in [0.15, 0.2) is 22.7 Å². The second-order valence-corrected chi connectivity index (χ2v) is 8.04. The maximum atomic E-state index is 12.5. The van der Waals surface area contributed by atoms with Crippen molar-refractivity contribution in [3.8, 4) is 22.9 Å². The lowest BCUT2D eigenvalue weighted by Crippen LogP contribution is -2.40. The molecule has 1 N–H and O–H groups in total. The number of ether oxygens (including phenoxy) is 2. The molecule has 2 aromatic rings. The molecule has 1 heterocycles. The van der Waals surface area contributed by atoms with Gasteiger partial charge in [0.2, 0.25) is 11.7 Å². The first-order chi connectivity index (χ1) is 13.6. The van der Waals surface area contributed by atoms with Crippen molar-refractivity contribution in [2.75, 3.05) is 12.9 Å². The standard InChI is InChI=1S/C19H25F2N3O3S/c1-3-28-16-7-5-4-6-13(16)22-11-17-23-18(24-27-17)12-8-9-14(26-19(20)21)15(10-12)25-2/h8-10,13,16,19,22H,3-7,11H2,1-2H3/t13-,16-/m1/s1. The topological polar surface area (TPSA) is 69.4 Å². The largest absolute Gasteiger partial charge is 0.493 e. The molecule has 1 fully saturated rings. The van der Waals surface area contributed by atoms with Crippen LogP contribution in [0.25, 0.3) is 11.4 Å². The highest BCUT2D eigenvalue weighted by atomic mass is 32.2. The highest BCUT2D eigenvalue weighted by Crippen LogP contribution is 2.33. The molecule has 1 aliphatic rings. The Hall–Kier alpha value is -1.87. The summed E-state index contributed by atoms with van der Waals surface area (Å²) in [6, 6.07) is 5.00. The Morgan fingerprint density at radius 3 is 2.86 bits per heavy atom. The van der Waals surface area contributed by atoms with E-state index >= 15 is 0 Å². The molecule has 1 saturated carbocycles. The molecular weight excluding hydrogens is 388 g/mol. The summed E-state index contributed by atoms with van der Waals surface area (Å²) < 4.78 is 39.8. The van der Waals surface area contributed by atoms with Crippen LogP contribution in [-0.4, -0.2) is 40.9 Å². The SMILES string of the molecule is CCS[C@@H]1CCCC[C@H]1NCc1nc(-c2ccc(OC(F)F)c(OC)c2)no1. The minimum absolute atomic E-state index is 0.0385. The Kier molecular flexibility index (Phi) is 7.50. The predicted molar refractivity (Wildman–Crippen MR) is 104 cm³/mol. The molecular formula is C19H25F2N3O3S. The Morgan fingerprint density at radius 2 is 2.11 bits per heavy atom. The van der Waals surface area contributed by atoms with Crippen LogP contribution in [0.2, 0.25) is 0 Å². The summed E-state index contributed by atoms with van der Waals surface area (Å²) in [4.78, 5) is 4.41. The van der Waals surface area contributed by atoms with Crippen LogP contribution < -0.4 is 14.8 Å².